The van der Waals surface area contributed by atoms with Gasteiger partial charge >= 0.3 is 5.97 Å². The van der Waals surface area contributed by atoms with Crippen molar-refractivity contribution >= 4 is 17.3 Å². The molecule has 2 heterocycles. The van der Waals surface area contributed by atoms with Crippen molar-refractivity contribution in [3.63, 3.8) is 0 Å². The van der Waals surface area contributed by atoms with Crippen molar-refractivity contribution in [3.8, 4) is 5.75 Å². The summed E-state index contributed by atoms with van der Waals surface area (Å²) in [6.45, 7) is 0.536. The molecular formula is C13H12N2O3S. The third-order valence-electron chi connectivity index (χ3n) is 3.12. The Morgan fingerprint density at radius 1 is 1.53 bits per heavy atom. The Morgan fingerprint density at radius 3 is 3.11 bits per heavy atom. The highest BCUT2D eigenvalue weighted by molar-refractivity contribution is 7.09. The van der Waals surface area contributed by atoms with Crippen LogP contribution in [0.5, 0.6) is 5.75 Å². The molecule has 1 aromatic carbocycles. The number of ether oxygens (including phenoxy) is 1. The maximum Gasteiger partial charge on any atom is 0.326 e. The molecule has 0 radical (unpaired) electrons. The summed E-state index contributed by atoms with van der Waals surface area (Å²) in [4.78, 5) is 15.2. The topological polar surface area (TPSA) is 85.4 Å². The number of carboxylic acids is 1. The van der Waals surface area contributed by atoms with Crippen molar-refractivity contribution in [3.05, 3.63) is 45.9 Å². The number of thiazole rings is 1. The Labute approximate surface area is 113 Å². The SMILES string of the molecule is NC(C(=O)O)c1csc(C2COc3ccccc32)n1. The first-order chi connectivity index (χ1) is 9.16. The van der Waals surface area contributed by atoms with E-state index in [1.165, 1.54) is 11.3 Å². The van der Waals surface area contributed by atoms with E-state index in [9.17, 15) is 4.79 Å². The molecule has 0 fully saturated rings. The van der Waals surface area contributed by atoms with Crippen LogP contribution in [-0.4, -0.2) is 22.7 Å². The molecule has 0 saturated heterocycles. The number of nitrogens with zero attached hydrogens (tertiary/aromatic N) is 1. The Morgan fingerprint density at radius 2 is 2.32 bits per heavy atom. The number of carbonyl (C=O) groups is 1. The molecule has 0 aliphatic carbocycles. The standard InChI is InChI=1S/C13H12N2O3S/c14-11(13(16)17)9-6-19-12(15-9)8-5-18-10-4-2-1-3-7(8)10/h1-4,6,8,11H,5,14H2,(H,16,17). The van der Waals surface area contributed by atoms with Crippen molar-refractivity contribution in [2.24, 2.45) is 5.73 Å². The minimum absolute atomic E-state index is 0.0657. The molecule has 98 valence electrons. The smallest absolute Gasteiger partial charge is 0.326 e. The number of aromatic nitrogens is 1. The van der Waals surface area contributed by atoms with Gasteiger partial charge in [0.2, 0.25) is 0 Å². The lowest BCUT2D eigenvalue weighted by Crippen LogP contribution is -2.21. The number of aliphatic carboxylic acids is 1. The second-order valence-corrected chi connectivity index (χ2v) is 5.22. The number of nitrogens with two attached hydrogens (primary N) is 1. The minimum Gasteiger partial charge on any atom is -0.492 e. The van der Waals surface area contributed by atoms with Gasteiger partial charge in [0.05, 0.1) is 11.6 Å². The van der Waals surface area contributed by atoms with Crippen molar-refractivity contribution < 1.29 is 14.6 Å². The van der Waals surface area contributed by atoms with Crippen LogP contribution in [-0.2, 0) is 4.79 Å². The van der Waals surface area contributed by atoms with E-state index < -0.39 is 12.0 Å². The summed E-state index contributed by atoms with van der Waals surface area (Å²) in [7, 11) is 0. The molecule has 1 aromatic heterocycles. The number of hydrogen-bond acceptors (Lipinski definition) is 5. The van der Waals surface area contributed by atoms with Crippen LogP contribution < -0.4 is 10.5 Å². The molecule has 3 N–H and O–H groups in total. The van der Waals surface area contributed by atoms with Gasteiger partial charge in [-0.15, -0.1) is 11.3 Å². The summed E-state index contributed by atoms with van der Waals surface area (Å²) in [5.74, 6) is -0.136. The van der Waals surface area contributed by atoms with Gasteiger partial charge in [0.1, 0.15) is 23.4 Å². The third-order valence-corrected chi connectivity index (χ3v) is 4.10. The lowest BCUT2D eigenvalue weighted by atomic mass is 10.0. The van der Waals surface area contributed by atoms with E-state index >= 15 is 0 Å². The number of para-hydroxylation sites is 1. The minimum atomic E-state index is -1.07. The van der Waals surface area contributed by atoms with Gasteiger partial charge in [0.15, 0.2) is 0 Å². The molecular weight excluding hydrogens is 264 g/mol. The van der Waals surface area contributed by atoms with Crippen LogP contribution >= 0.6 is 11.3 Å². The number of benzene rings is 1. The largest absolute Gasteiger partial charge is 0.492 e. The van der Waals surface area contributed by atoms with Gasteiger partial charge in [-0.05, 0) is 6.07 Å². The zero-order valence-corrected chi connectivity index (χ0v) is 10.8. The highest BCUT2D eigenvalue weighted by atomic mass is 32.1. The molecule has 1 aliphatic rings. The second-order valence-electron chi connectivity index (χ2n) is 4.33. The number of rotatable bonds is 3. The number of fused-ring (bicyclic) bond motifs is 1. The van der Waals surface area contributed by atoms with Gasteiger partial charge in [-0.2, -0.15) is 0 Å². The van der Waals surface area contributed by atoms with Gasteiger partial charge in [-0.3, -0.25) is 4.79 Å². The summed E-state index contributed by atoms with van der Waals surface area (Å²) < 4.78 is 5.60. The molecule has 0 saturated carbocycles. The summed E-state index contributed by atoms with van der Waals surface area (Å²) in [5.41, 5.74) is 7.05. The normalized spacial score (nSPS) is 18.7. The number of hydrogen-bond donors (Lipinski definition) is 2. The van der Waals surface area contributed by atoms with E-state index in [2.05, 4.69) is 4.98 Å². The molecule has 3 rings (SSSR count). The molecule has 2 atom stereocenters. The summed E-state index contributed by atoms with van der Waals surface area (Å²) in [5, 5.41) is 11.4. The van der Waals surface area contributed by atoms with Crippen LogP contribution in [0.15, 0.2) is 29.6 Å². The molecule has 2 aromatic rings. The van der Waals surface area contributed by atoms with Crippen LogP contribution in [0.1, 0.15) is 28.2 Å². The van der Waals surface area contributed by atoms with Gasteiger partial charge in [0.25, 0.3) is 0 Å². The van der Waals surface area contributed by atoms with Crippen molar-refractivity contribution in [2.45, 2.75) is 12.0 Å². The maximum atomic E-state index is 10.8. The first kappa shape index (κ1) is 12.1. The van der Waals surface area contributed by atoms with E-state index in [4.69, 9.17) is 15.6 Å². The van der Waals surface area contributed by atoms with Crippen LogP contribution in [0, 0.1) is 0 Å². The Balaban J connectivity index is 1.91. The van der Waals surface area contributed by atoms with Crippen molar-refractivity contribution in [1.82, 2.24) is 4.98 Å². The van der Waals surface area contributed by atoms with Gasteiger partial charge < -0.3 is 15.6 Å². The molecule has 0 bridgehead atoms. The lowest BCUT2D eigenvalue weighted by molar-refractivity contribution is -0.138. The zero-order chi connectivity index (χ0) is 13.4. The van der Waals surface area contributed by atoms with Gasteiger partial charge in [-0.25, -0.2) is 4.98 Å². The van der Waals surface area contributed by atoms with E-state index in [-0.39, 0.29) is 5.92 Å². The van der Waals surface area contributed by atoms with Gasteiger partial charge in [0, 0.05) is 10.9 Å². The lowest BCUT2D eigenvalue weighted by Gasteiger charge is -2.05. The van der Waals surface area contributed by atoms with E-state index in [1.54, 1.807) is 5.38 Å². The van der Waals surface area contributed by atoms with Crippen LogP contribution in [0.4, 0.5) is 0 Å². The zero-order valence-electron chi connectivity index (χ0n) is 9.95. The van der Waals surface area contributed by atoms with E-state index in [0.29, 0.717) is 12.3 Å². The average molecular weight is 276 g/mol. The molecule has 2 unspecified atom stereocenters. The maximum absolute atomic E-state index is 10.8. The fraction of sp³-hybridized carbons (Fsp3) is 0.231. The predicted octanol–water partition coefficient (Wildman–Crippen LogP) is 1.75. The quantitative estimate of drug-likeness (QED) is 0.892. The van der Waals surface area contributed by atoms with Crippen molar-refractivity contribution in [2.75, 3.05) is 6.61 Å². The summed E-state index contributed by atoms with van der Waals surface area (Å²) in [6.07, 6.45) is 0. The van der Waals surface area contributed by atoms with Crippen LogP contribution in [0.2, 0.25) is 0 Å². The molecule has 6 heteroatoms. The van der Waals surface area contributed by atoms with Crippen molar-refractivity contribution in [1.29, 1.82) is 0 Å². The molecule has 1 aliphatic heterocycles. The van der Waals surface area contributed by atoms with E-state index in [1.807, 2.05) is 24.3 Å². The number of carboxylic acid groups (broad SMARTS) is 1. The Hall–Kier alpha value is -1.92. The summed E-state index contributed by atoms with van der Waals surface area (Å²) in [6, 6.07) is 6.74. The highest BCUT2D eigenvalue weighted by Crippen LogP contribution is 2.39. The molecule has 5 nitrogen and oxygen atoms in total. The molecule has 0 spiro atoms. The summed E-state index contributed by atoms with van der Waals surface area (Å²) >= 11 is 1.42. The predicted molar refractivity (Wildman–Crippen MR) is 70.5 cm³/mol. The Kier molecular flexibility index (Phi) is 2.96. The molecule has 19 heavy (non-hydrogen) atoms. The third kappa shape index (κ3) is 2.09. The first-order valence-electron chi connectivity index (χ1n) is 5.82. The average Bonchev–Trinajstić information content (AvgIpc) is 3.03. The van der Waals surface area contributed by atoms with Crippen LogP contribution in [0.25, 0.3) is 0 Å². The second kappa shape index (κ2) is 4.64. The molecule has 0 amide bonds. The van der Waals surface area contributed by atoms with Gasteiger partial charge in [-0.1, -0.05) is 18.2 Å². The first-order valence-corrected chi connectivity index (χ1v) is 6.70. The monoisotopic (exact) mass is 276 g/mol. The Bertz CT molecular complexity index is 626. The van der Waals surface area contributed by atoms with Crippen LogP contribution in [0.3, 0.4) is 0 Å². The van der Waals surface area contributed by atoms with E-state index in [0.717, 1.165) is 16.3 Å². The highest BCUT2D eigenvalue weighted by Gasteiger charge is 2.29. The fourth-order valence-corrected chi connectivity index (χ4v) is 3.06. The fourth-order valence-electron chi connectivity index (χ4n) is 2.10.